The Labute approximate surface area is 102 Å². The summed E-state index contributed by atoms with van der Waals surface area (Å²) in [7, 11) is 1.82. The van der Waals surface area contributed by atoms with Crippen molar-refractivity contribution in [2.45, 2.75) is 26.8 Å². The molecule has 1 aromatic rings. The SMILES string of the molecule is CC(C)CCOc1ccc2c(c1)CN(C)C2=O. The lowest BCUT2D eigenvalue weighted by Crippen LogP contribution is -2.17. The van der Waals surface area contributed by atoms with Crippen LogP contribution in [0.25, 0.3) is 0 Å². The first-order chi connectivity index (χ1) is 8.08. The maximum absolute atomic E-state index is 11.7. The molecule has 3 nitrogen and oxygen atoms in total. The molecule has 0 radical (unpaired) electrons. The maximum Gasteiger partial charge on any atom is 0.254 e. The number of carbonyl (C=O) groups excluding carboxylic acids is 1. The van der Waals surface area contributed by atoms with Crippen molar-refractivity contribution in [1.29, 1.82) is 0 Å². The van der Waals surface area contributed by atoms with Crippen LogP contribution in [0.5, 0.6) is 5.75 Å². The molecule has 0 spiro atoms. The summed E-state index contributed by atoms with van der Waals surface area (Å²) < 4.78 is 5.68. The molecule has 1 heterocycles. The lowest BCUT2D eigenvalue weighted by atomic mass is 10.1. The van der Waals surface area contributed by atoms with Gasteiger partial charge in [0.1, 0.15) is 5.75 Å². The summed E-state index contributed by atoms with van der Waals surface area (Å²) in [6.45, 7) is 5.79. The molecule has 0 aliphatic carbocycles. The molecular weight excluding hydrogens is 214 g/mol. The molecule has 0 fully saturated rings. The van der Waals surface area contributed by atoms with Crippen molar-refractivity contribution in [2.24, 2.45) is 5.92 Å². The number of carbonyl (C=O) groups is 1. The molecule has 17 heavy (non-hydrogen) atoms. The minimum atomic E-state index is 0.105. The van der Waals surface area contributed by atoms with Crippen LogP contribution in [-0.2, 0) is 6.54 Å². The Morgan fingerprint density at radius 1 is 1.41 bits per heavy atom. The standard InChI is InChI=1S/C14H19NO2/c1-10(2)6-7-17-12-4-5-13-11(8-12)9-15(3)14(13)16/h4-5,8,10H,6-7,9H2,1-3H3. The van der Waals surface area contributed by atoms with Gasteiger partial charge in [-0.1, -0.05) is 13.8 Å². The van der Waals surface area contributed by atoms with Crippen molar-refractivity contribution in [3.8, 4) is 5.75 Å². The van der Waals surface area contributed by atoms with Gasteiger partial charge in [-0.3, -0.25) is 4.79 Å². The van der Waals surface area contributed by atoms with Crippen molar-refractivity contribution in [1.82, 2.24) is 4.90 Å². The summed E-state index contributed by atoms with van der Waals surface area (Å²) >= 11 is 0. The van der Waals surface area contributed by atoms with Crippen LogP contribution in [0, 0.1) is 5.92 Å². The highest BCUT2D eigenvalue weighted by Gasteiger charge is 2.24. The third-order valence-electron chi connectivity index (χ3n) is 3.03. The fourth-order valence-electron chi connectivity index (χ4n) is 1.94. The van der Waals surface area contributed by atoms with Crippen molar-refractivity contribution < 1.29 is 9.53 Å². The predicted molar refractivity (Wildman–Crippen MR) is 67.2 cm³/mol. The van der Waals surface area contributed by atoms with E-state index in [1.807, 2.05) is 25.2 Å². The van der Waals surface area contributed by atoms with Gasteiger partial charge < -0.3 is 9.64 Å². The summed E-state index contributed by atoms with van der Waals surface area (Å²) in [4.78, 5) is 13.4. The van der Waals surface area contributed by atoms with Gasteiger partial charge in [-0.25, -0.2) is 0 Å². The van der Waals surface area contributed by atoms with Crippen LogP contribution >= 0.6 is 0 Å². The molecule has 0 bridgehead atoms. The molecule has 1 amide bonds. The Balaban J connectivity index is 2.03. The molecule has 0 atom stereocenters. The largest absolute Gasteiger partial charge is 0.494 e. The smallest absolute Gasteiger partial charge is 0.254 e. The molecule has 0 N–H and O–H groups in total. The Morgan fingerprint density at radius 2 is 2.18 bits per heavy atom. The predicted octanol–water partition coefficient (Wildman–Crippen LogP) is 2.70. The van der Waals surface area contributed by atoms with E-state index < -0.39 is 0 Å². The molecule has 3 heteroatoms. The van der Waals surface area contributed by atoms with Gasteiger partial charge in [0.05, 0.1) is 6.61 Å². The van der Waals surface area contributed by atoms with Crippen molar-refractivity contribution in [3.63, 3.8) is 0 Å². The lowest BCUT2D eigenvalue weighted by Gasteiger charge is -2.08. The zero-order chi connectivity index (χ0) is 12.4. The molecule has 0 unspecified atom stereocenters. The number of nitrogens with zero attached hydrogens (tertiary/aromatic N) is 1. The van der Waals surface area contributed by atoms with E-state index in [1.54, 1.807) is 4.90 Å². The molecule has 92 valence electrons. The second-order valence-electron chi connectivity index (χ2n) is 5.01. The summed E-state index contributed by atoms with van der Waals surface area (Å²) in [6.07, 6.45) is 1.05. The lowest BCUT2D eigenvalue weighted by molar-refractivity contribution is 0.0816. The van der Waals surface area contributed by atoms with Crippen LogP contribution < -0.4 is 4.74 Å². The van der Waals surface area contributed by atoms with E-state index >= 15 is 0 Å². The second kappa shape index (κ2) is 4.78. The topological polar surface area (TPSA) is 29.5 Å². The van der Waals surface area contributed by atoms with Crippen LogP contribution in [0.3, 0.4) is 0 Å². The van der Waals surface area contributed by atoms with Gasteiger partial charge in [0, 0.05) is 19.2 Å². The molecule has 0 saturated heterocycles. The first kappa shape index (κ1) is 12.0. The number of fused-ring (bicyclic) bond motifs is 1. The quantitative estimate of drug-likeness (QED) is 0.800. The van der Waals surface area contributed by atoms with Gasteiger partial charge in [-0.05, 0) is 36.1 Å². The Bertz CT molecular complexity index is 426. The third-order valence-corrected chi connectivity index (χ3v) is 3.03. The van der Waals surface area contributed by atoms with Crippen LogP contribution in [0.4, 0.5) is 0 Å². The van der Waals surface area contributed by atoms with E-state index in [0.29, 0.717) is 12.5 Å². The summed E-state index contributed by atoms with van der Waals surface area (Å²) in [5.41, 5.74) is 1.88. The Kier molecular flexibility index (Phi) is 3.36. The van der Waals surface area contributed by atoms with Crippen LogP contribution in [0.15, 0.2) is 18.2 Å². The molecule has 1 aromatic carbocycles. The van der Waals surface area contributed by atoms with Gasteiger partial charge in [0.15, 0.2) is 0 Å². The number of hydrogen-bond donors (Lipinski definition) is 0. The highest BCUT2D eigenvalue weighted by molar-refractivity contribution is 5.98. The monoisotopic (exact) mass is 233 g/mol. The van der Waals surface area contributed by atoms with Crippen LogP contribution in [0.1, 0.15) is 36.2 Å². The van der Waals surface area contributed by atoms with E-state index in [9.17, 15) is 4.79 Å². The van der Waals surface area contributed by atoms with Gasteiger partial charge >= 0.3 is 0 Å². The maximum atomic E-state index is 11.7. The first-order valence-corrected chi connectivity index (χ1v) is 6.09. The summed E-state index contributed by atoms with van der Waals surface area (Å²) in [5.74, 6) is 1.62. The van der Waals surface area contributed by atoms with Crippen molar-refractivity contribution in [3.05, 3.63) is 29.3 Å². The van der Waals surface area contributed by atoms with E-state index in [4.69, 9.17) is 4.74 Å². The molecule has 1 aliphatic rings. The fourth-order valence-corrected chi connectivity index (χ4v) is 1.94. The van der Waals surface area contributed by atoms with Gasteiger partial charge in [-0.2, -0.15) is 0 Å². The highest BCUT2D eigenvalue weighted by Crippen LogP contribution is 2.25. The van der Waals surface area contributed by atoms with Crippen LogP contribution in [0.2, 0.25) is 0 Å². The normalized spacial score (nSPS) is 14.4. The molecule has 1 aliphatic heterocycles. The van der Waals surface area contributed by atoms with Crippen LogP contribution in [-0.4, -0.2) is 24.5 Å². The Morgan fingerprint density at radius 3 is 2.88 bits per heavy atom. The minimum Gasteiger partial charge on any atom is -0.494 e. The summed E-state index contributed by atoms with van der Waals surface area (Å²) in [5, 5.41) is 0. The fraction of sp³-hybridized carbons (Fsp3) is 0.500. The van der Waals surface area contributed by atoms with Gasteiger partial charge in [0.2, 0.25) is 0 Å². The molecule has 0 saturated carbocycles. The molecule has 2 rings (SSSR count). The van der Waals surface area contributed by atoms with Gasteiger partial charge in [-0.15, -0.1) is 0 Å². The van der Waals surface area contributed by atoms with Crippen molar-refractivity contribution >= 4 is 5.91 Å². The van der Waals surface area contributed by atoms with E-state index in [1.165, 1.54) is 0 Å². The molecule has 0 aromatic heterocycles. The molecular formula is C14H19NO2. The number of rotatable bonds is 4. The number of hydrogen-bond acceptors (Lipinski definition) is 2. The minimum absolute atomic E-state index is 0.105. The van der Waals surface area contributed by atoms with E-state index in [2.05, 4.69) is 13.8 Å². The van der Waals surface area contributed by atoms with Gasteiger partial charge in [0.25, 0.3) is 5.91 Å². The Hall–Kier alpha value is -1.51. The second-order valence-corrected chi connectivity index (χ2v) is 5.01. The zero-order valence-electron chi connectivity index (χ0n) is 10.7. The average molecular weight is 233 g/mol. The van der Waals surface area contributed by atoms with E-state index in [-0.39, 0.29) is 5.91 Å². The van der Waals surface area contributed by atoms with E-state index in [0.717, 1.165) is 29.9 Å². The third kappa shape index (κ3) is 2.60. The highest BCUT2D eigenvalue weighted by atomic mass is 16.5. The summed E-state index contributed by atoms with van der Waals surface area (Å²) in [6, 6.07) is 5.74. The zero-order valence-corrected chi connectivity index (χ0v) is 10.7. The number of benzene rings is 1. The number of amides is 1. The number of ether oxygens (including phenoxy) is 1. The first-order valence-electron chi connectivity index (χ1n) is 6.09. The van der Waals surface area contributed by atoms with Crippen molar-refractivity contribution in [2.75, 3.05) is 13.7 Å². The average Bonchev–Trinajstić information content (AvgIpc) is 2.54.